The van der Waals surface area contributed by atoms with E-state index in [4.69, 9.17) is 38.2 Å². The summed E-state index contributed by atoms with van der Waals surface area (Å²) in [5.74, 6) is 0.812. The third-order valence-electron chi connectivity index (χ3n) is 3.03. The van der Waals surface area contributed by atoms with Gasteiger partial charge in [-0.2, -0.15) is 4.98 Å². The molecule has 0 radical (unpaired) electrons. The van der Waals surface area contributed by atoms with E-state index in [0.717, 1.165) is 13.1 Å². The minimum atomic E-state index is 0.299. The second-order valence-electron chi connectivity index (χ2n) is 4.35. The number of hydrogen-bond donors (Lipinski definition) is 1. The number of rotatable bonds is 2. The zero-order valence-corrected chi connectivity index (χ0v) is 12.0. The molecule has 1 aromatic carbocycles. The monoisotopic (exact) mass is 314 g/mol. The van der Waals surface area contributed by atoms with Crippen LogP contribution >= 0.6 is 23.2 Å². The van der Waals surface area contributed by atoms with E-state index in [9.17, 15) is 0 Å². The molecule has 0 unspecified atom stereocenters. The van der Waals surface area contributed by atoms with Crippen LogP contribution in [0.15, 0.2) is 16.7 Å². The molecule has 2 aromatic rings. The molecule has 0 spiro atoms. The van der Waals surface area contributed by atoms with Crippen molar-refractivity contribution < 1.29 is 9.26 Å². The van der Waals surface area contributed by atoms with Gasteiger partial charge in [0.15, 0.2) is 0 Å². The molecule has 6 nitrogen and oxygen atoms in total. The van der Waals surface area contributed by atoms with Gasteiger partial charge >= 0.3 is 0 Å². The highest BCUT2D eigenvalue weighted by atomic mass is 35.5. The van der Waals surface area contributed by atoms with Gasteiger partial charge in [-0.1, -0.05) is 23.2 Å². The van der Waals surface area contributed by atoms with Crippen LogP contribution < -0.4 is 10.6 Å². The molecule has 0 bridgehead atoms. The molecule has 1 fully saturated rings. The zero-order valence-electron chi connectivity index (χ0n) is 10.5. The molecule has 0 saturated carbocycles. The van der Waals surface area contributed by atoms with Crippen LogP contribution in [0.1, 0.15) is 0 Å². The Morgan fingerprint density at radius 3 is 2.70 bits per heavy atom. The molecule has 2 N–H and O–H groups in total. The van der Waals surface area contributed by atoms with Crippen molar-refractivity contribution in [1.82, 2.24) is 10.1 Å². The van der Waals surface area contributed by atoms with Gasteiger partial charge in [0.05, 0.1) is 29.5 Å². The predicted octanol–water partition coefficient (Wildman–Crippen LogP) is 2.46. The van der Waals surface area contributed by atoms with Gasteiger partial charge in [-0.05, 0) is 17.3 Å². The molecule has 0 amide bonds. The Balaban J connectivity index is 1.93. The summed E-state index contributed by atoms with van der Waals surface area (Å²) in [7, 11) is 0. The number of nitrogens with zero attached hydrogens (tertiary/aromatic N) is 3. The van der Waals surface area contributed by atoms with Gasteiger partial charge in [0, 0.05) is 18.1 Å². The van der Waals surface area contributed by atoms with Crippen LogP contribution in [0.5, 0.6) is 0 Å². The number of nitrogen functional groups attached to an aromatic ring is 1. The average molecular weight is 315 g/mol. The van der Waals surface area contributed by atoms with Gasteiger partial charge in [0.25, 0.3) is 11.8 Å². The first kappa shape index (κ1) is 13.5. The zero-order chi connectivity index (χ0) is 14.1. The third kappa shape index (κ3) is 2.54. The molecule has 1 aliphatic heterocycles. The fourth-order valence-electron chi connectivity index (χ4n) is 1.98. The lowest BCUT2D eigenvalue weighted by Crippen LogP contribution is -2.36. The number of ether oxygens (including phenoxy) is 1. The van der Waals surface area contributed by atoms with Crippen LogP contribution in [0.3, 0.4) is 0 Å². The first-order valence-corrected chi connectivity index (χ1v) is 6.82. The number of halogens is 2. The Morgan fingerprint density at radius 2 is 1.95 bits per heavy atom. The molecule has 106 valence electrons. The second-order valence-corrected chi connectivity index (χ2v) is 5.19. The molecule has 0 aliphatic carbocycles. The van der Waals surface area contributed by atoms with Gasteiger partial charge in [0.2, 0.25) is 0 Å². The number of morpholine rings is 1. The quantitative estimate of drug-likeness (QED) is 0.858. The minimum absolute atomic E-state index is 0.299. The van der Waals surface area contributed by atoms with Crippen molar-refractivity contribution in [3.05, 3.63) is 22.2 Å². The molecule has 1 aliphatic rings. The van der Waals surface area contributed by atoms with Crippen molar-refractivity contribution in [3.8, 4) is 11.5 Å². The number of anilines is 2. The molecule has 1 saturated heterocycles. The third-order valence-corrected chi connectivity index (χ3v) is 3.56. The van der Waals surface area contributed by atoms with Gasteiger partial charge < -0.3 is 19.9 Å². The molecular weight excluding hydrogens is 303 g/mol. The summed E-state index contributed by atoms with van der Waals surface area (Å²) < 4.78 is 10.5. The van der Waals surface area contributed by atoms with Crippen molar-refractivity contribution in [2.45, 2.75) is 0 Å². The summed E-state index contributed by atoms with van der Waals surface area (Å²) in [6.07, 6.45) is 0. The normalized spacial score (nSPS) is 15.6. The number of aromatic nitrogens is 2. The van der Waals surface area contributed by atoms with Crippen LogP contribution in [0.25, 0.3) is 11.5 Å². The van der Waals surface area contributed by atoms with Gasteiger partial charge in [-0.3, -0.25) is 0 Å². The molecule has 0 atom stereocenters. The molecule has 1 aromatic heterocycles. The summed E-state index contributed by atoms with van der Waals surface area (Å²) >= 11 is 12.0. The molecule has 2 heterocycles. The lowest BCUT2D eigenvalue weighted by Gasteiger charge is -2.24. The van der Waals surface area contributed by atoms with Crippen LogP contribution in [-0.4, -0.2) is 36.4 Å². The van der Waals surface area contributed by atoms with E-state index >= 15 is 0 Å². The van der Waals surface area contributed by atoms with E-state index in [1.54, 1.807) is 12.1 Å². The van der Waals surface area contributed by atoms with E-state index in [0.29, 0.717) is 46.3 Å². The number of hydrogen-bond acceptors (Lipinski definition) is 6. The lowest BCUT2D eigenvalue weighted by atomic mass is 10.2. The Hall–Kier alpha value is -1.50. The van der Waals surface area contributed by atoms with Crippen LogP contribution in [-0.2, 0) is 4.74 Å². The fraction of sp³-hybridized carbons (Fsp3) is 0.333. The summed E-state index contributed by atoms with van der Waals surface area (Å²) in [5, 5.41) is 4.78. The minimum Gasteiger partial charge on any atom is -0.397 e. The largest absolute Gasteiger partial charge is 0.397 e. The van der Waals surface area contributed by atoms with Gasteiger partial charge in [0.1, 0.15) is 0 Å². The van der Waals surface area contributed by atoms with E-state index in [2.05, 4.69) is 10.1 Å². The first-order valence-electron chi connectivity index (χ1n) is 6.06. The maximum absolute atomic E-state index is 6.00. The van der Waals surface area contributed by atoms with E-state index in [1.165, 1.54) is 0 Å². The molecule has 3 rings (SSSR count). The molecule has 8 heteroatoms. The van der Waals surface area contributed by atoms with Crippen molar-refractivity contribution in [2.24, 2.45) is 0 Å². The smallest absolute Gasteiger partial charge is 0.266 e. The van der Waals surface area contributed by atoms with E-state index in [-0.39, 0.29) is 0 Å². The van der Waals surface area contributed by atoms with Crippen molar-refractivity contribution in [1.29, 1.82) is 0 Å². The molecule has 20 heavy (non-hydrogen) atoms. The maximum Gasteiger partial charge on any atom is 0.266 e. The first-order chi connectivity index (χ1) is 9.65. The average Bonchev–Trinajstić information content (AvgIpc) is 2.93. The Bertz CT molecular complexity index is 626. The summed E-state index contributed by atoms with van der Waals surface area (Å²) in [5.41, 5.74) is 6.82. The maximum atomic E-state index is 6.00. The Kier molecular flexibility index (Phi) is 3.69. The lowest BCUT2D eigenvalue weighted by molar-refractivity contribution is 0.121. The van der Waals surface area contributed by atoms with Crippen molar-refractivity contribution in [2.75, 3.05) is 36.9 Å². The van der Waals surface area contributed by atoms with E-state index in [1.807, 2.05) is 4.90 Å². The van der Waals surface area contributed by atoms with Gasteiger partial charge in [-0.15, -0.1) is 0 Å². The van der Waals surface area contributed by atoms with Crippen molar-refractivity contribution in [3.63, 3.8) is 0 Å². The topological polar surface area (TPSA) is 77.4 Å². The summed E-state index contributed by atoms with van der Waals surface area (Å²) in [6, 6.07) is 3.22. The van der Waals surface area contributed by atoms with Crippen LogP contribution in [0.4, 0.5) is 11.6 Å². The SMILES string of the molecule is Nc1c(Cl)cc(Cl)cc1-c1nc(N2CCOCC2)no1. The highest BCUT2D eigenvalue weighted by Crippen LogP contribution is 2.34. The van der Waals surface area contributed by atoms with E-state index < -0.39 is 0 Å². The van der Waals surface area contributed by atoms with Crippen LogP contribution in [0.2, 0.25) is 10.0 Å². The predicted molar refractivity (Wildman–Crippen MR) is 77.2 cm³/mol. The van der Waals surface area contributed by atoms with Gasteiger partial charge in [-0.25, -0.2) is 0 Å². The number of nitrogens with two attached hydrogens (primary N) is 1. The van der Waals surface area contributed by atoms with Crippen molar-refractivity contribution >= 4 is 34.8 Å². The Labute approximate surface area is 125 Å². The fourth-order valence-corrected chi connectivity index (χ4v) is 2.47. The highest BCUT2D eigenvalue weighted by Gasteiger charge is 2.20. The number of benzene rings is 1. The summed E-state index contributed by atoms with van der Waals surface area (Å²) in [4.78, 5) is 6.33. The van der Waals surface area contributed by atoms with Crippen LogP contribution in [0, 0.1) is 0 Å². The summed E-state index contributed by atoms with van der Waals surface area (Å²) in [6.45, 7) is 2.75. The Morgan fingerprint density at radius 1 is 1.20 bits per heavy atom. The standard InChI is InChI=1S/C12H12Cl2N4O2/c13-7-5-8(10(15)9(14)6-7)11-16-12(17-20-11)18-1-3-19-4-2-18/h5-6H,1-4,15H2. The molecular formula is C12H12Cl2N4O2. The second kappa shape index (κ2) is 5.47. The highest BCUT2D eigenvalue weighted by molar-refractivity contribution is 6.37.